The predicted octanol–water partition coefficient (Wildman–Crippen LogP) is 8.16. The summed E-state index contributed by atoms with van der Waals surface area (Å²) in [5.74, 6) is 0. The van der Waals surface area contributed by atoms with Crippen LogP contribution in [0.3, 0.4) is 0 Å². The predicted molar refractivity (Wildman–Crippen MR) is 142 cm³/mol. The number of fused-ring (bicyclic) bond motifs is 3. The Morgan fingerprint density at radius 3 is 2.03 bits per heavy atom. The van der Waals surface area contributed by atoms with Crippen LogP contribution in [0.2, 0.25) is 0 Å². The number of rotatable bonds is 8. The van der Waals surface area contributed by atoms with Gasteiger partial charge in [-0.2, -0.15) is 5.10 Å². The van der Waals surface area contributed by atoms with Gasteiger partial charge in [-0.3, -0.25) is 0 Å². The van der Waals surface area contributed by atoms with Crippen molar-refractivity contribution in [1.29, 1.82) is 0 Å². The molecule has 3 nitrogen and oxygen atoms in total. The smallest absolute Gasteiger partial charge is 0.0652 e. The third kappa shape index (κ3) is 4.40. The summed E-state index contributed by atoms with van der Waals surface area (Å²) in [6, 6.07) is 36.0. The molecule has 0 N–H and O–H groups in total. The zero-order valence-electron chi connectivity index (χ0n) is 19.1. The number of hydrogen-bond donors (Lipinski definition) is 0. The van der Waals surface area contributed by atoms with Gasteiger partial charge in [0.25, 0.3) is 0 Å². The number of para-hydroxylation sites is 3. The van der Waals surface area contributed by atoms with Gasteiger partial charge in [-0.25, -0.2) is 5.01 Å². The summed E-state index contributed by atoms with van der Waals surface area (Å²) < 4.78 is 2.47. The normalized spacial score (nSPS) is 11.5. The van der Waals surface area contributed by atoms with Gasteiger partial charge in [-0.05, 0) is 54.4 Å². The lowest BCUT2D eigenvalue weighted by molar-refractivity contribution is 0.627. The van der Waals surface area contributed by atoms with E-state index in [2.05, 4.69) is 78.2 Å². The molecule has 3 heteroatoms. The molecular weight excluding hydrogens is 402 g/mol. The van der Waals surface area contributed by atoms with Crippen molar-refractivity contribution < 1.29 is 0 Å². The number of aryl methyl sites for hydroxylation is 1. The molecule has 0 radical (unpaired) electrons. The van der Waals surface area contributed by atoms with E-state index in [4.69, 9.17) is 5.10 Å². The van der Waals surface area contributed by atoms with Crippen LogP contribution in [-0.2, 0) is 6.54 Å². The molecule has 0 aliphatic heterocycles. The van der Waals surface area contributed by atoms with E-state index in [1.165, 1.54) is 41.1 Å². The highest BCUT2D eigenvalue weighted by atomic mass is 15.5. The standard InChI is InChI=1S/C30H29N3/c1-2-3-12-21-32-29-18-11-10-17-27(29)28-22-24(19-20-30(28)32)23-31-33(25-13-6-4-7-14-25)26-15-8-5-9-16-26/h4-11,13-20,22-23H,2-3,12,21H2,1H3. The number of aromatic nitrogens is 1. The number of unbranched alkanes of at least 4 members (excludes halogenated alkanes) is 2. The van der Waals surface area contributed by atoms with Gasteiger partial charge in [0.1, 0.15) is 0 Å². The lowest BCUT2D eigenvalue weighted by Crippen LogP contribution is -2.09. The molecule has 33 heavy (non-hydrogen) atoms. The zero-order valence-corrected chi connectivity index (χ0v) is 19.1. The minimum atomic E-state index is 1.04. The van der Waals surface area contributed by atoms with Crippen LogP contribution < -0.4 is 5.01 Å². The first-order chi connectivity index (χ1) is 16.3. The molecule has 0 atom stereocenters. The molecule has 0 aliphatic carbocycles. The Morgan fingerprint density at radius 1 is 0.697 bits per heavy atom. The van der Waals surface area contributed by atoms with Gasteiger partial charge in [0.05, 0.1) is 17.6 Å². The van der Waals surface area contributed by atoms with E-state index < -0.39 is 0 Å². The maximum atomic E-state index is 4.89. The second-order valence-electron chi connectivity index (χ2n) is 8.38. The third-order valence-corrected chi connectivity index (χ3v) is 6.11. The molecule has 164 valence electrons. The Labute approximate surface area is 195 Å². The van der Waals surface area contributed by atoms with E-state index in [1.54, 1.807) is 0 Å². The van der Waals surface area contributed by atoms with Crippen LogP contribution in [0.15, 0.2) is 108 Å². The Morgan fingerprint density at radius 2 is 1.33 bits per heavy atom. The highest BCUT2D eigenvalue weighted by Gasteiger charge is 2.11. The highest BCUT2D eigenvalue weighted by molar-refractivity contribution is 6.09. The molecule has 0 bridgehead atoms. The van der Waals surface area contributed by atoms with Crippen LogP contribution in [-0.4, -0.2) is 10.8 Å². The van der Waals surface area contributed by atoms with Crippen molar-refractivity contribution >= 4 is 39.4 Å². The summed E-state index contributed by atoms with van der Waals surface area (Å²) in [5, 5.41) is 9.47. The molecule has 4 aromatic carbocycles. The number of nitrogens with zero attached hydrogens (tertiary/aromatic N) is 3. The van der Waals surface area contributed by atoms with E-state index in [0.717, 1.165) is 23.5 Å². The summed E-state index contributed by atoms with van der Waals surface area (Å²) in [7, 11) is 0. The molecule has 1 aromatic heterocycles. The Hall–Kier alpha value is -3.85. The molecule has 0 saturated heterocycles. The van der Waals surface area contributed by atoms with Crippen molar-refractivity contribution in [2.24, 2.45) is 5.10 Å². The topological polar surface area (TPSA) is 20.5 Å². The van der Waals surface area contributed by atoms with Gasteiger partial charge in [0.15, 0.2) is 0 Å². The van der Waals surface area contributed by atoms with E-state index in [9.17, 15) is 0 Å². The monoisotopic (exact) mass is 431 g/mol. The van der Waals surface area contributed by atoms with Gasteiger partial charge in [0, 0.05) is 28.4 Å². The molecule has 5 aromatic rings. The maximum absolute atomic E-state index is 4.89. The van der Waals surface area contributed by atoms with Crippen LogP contribution in [0.1, 0.15) is 31.7 Å². The first-order valence-corrected chi connectivity index (χ1v) is 11.8. The third-order valence-electron chi connectivity index (χ3n) is 6.11. The van der Waals surface area contributed by atoms with Crippen LogP contribution in [0.4, 0.5) is 11.4 Å². The Balaban J connectivity index is 1.54. The van der Waals surface area contributed by atoms with Crippen LogP contribution in [0.25, 0.3) is 21.8 Å². The molecule has 0 aliphatic rings. The first kappa shape index (κ1) is 21.0. The summed E-state index contributed by atoms with van der Waals surface area (Å²) in [4.78, 5) is 0. The minimum absolute atomic E-state index is 1.04. The fraction of sp³-hybridized carbons (Fsp3) is 0.167. The average Bonchev–Trinajstić information content (AvgIpc) is 3.19. The van der Waals surface area contributed by atoms with Crippen molar-refractivity contribution in [3.8, 4) is 0 Å². The fourth-order valence-electron chi connectivity index (χ4n) is 4.46. The van der Waals surface area contributed by atoms with Gasteiger partial charge in [-0.15, -0.1) is 0 Å². The van der Waals surface area contributed by atoms with E-state index in [1.807, 2.05) is 47.6 Å². The van der Waals surface area contributed by atoms with Crippen molar-refractivity contribution in [2.45, 2.75) is 32.7 Å². The number of hydrazone groups is 1. The van der Waals surface area contributed by atoms with Crippen molar-refractivity contribution in [1.82, 2.24) is 4.57 Å². The minimum Gasteiger partial charge on any atom is -0.340 e. The number of hydrogen-bond acceptors (Lipinski definition) is 2. The van der Waals surface area contributed by atoms with Crippen molar-refractivity contribution in [3.05, 3.63) is 109 Å². The molecule has 1 heterocycles. The maximum Gasteiger partial charge on any atom is 0.0652 e. The summed E-state index contributed by atoms with van der Waals surface area (Å²) in [6.07, 6.45) is 5.66. The Kier molecular flexibility index (Phi) is 6.21. The quantitative estimate of drug-likeness (QED) is 0.138. The molecule has 5 rings (SSSR count). The van der Waals surface area contributed by atoms with Crippen molar-refractivity contribution in [3.63, 3.8) is 0 Å². The first-order valence-electron chi connectivity index (χ1n) is 11.8. The SMILES string of the molecule is CCCCCn1c2ccccc2c2cc(C=NN(c3ccccc3)c3ccccc3)ccc21. The van der Waals surface area contributed by atoms with E-state index >= 15 is 0 Å². The van der Waals surface area contributed by atoms with Crippen LogP contribution >= 0.6 is 0 Å². The molecule has 0 spiro atoms. The lowest BCUT2D eigenvalue weighted by Gasteiger charge is -2.19. The van der Waals surface area contributed by atoms with Gasteiger partial charge in [0.2, 0.25) is 0 Å². The summed E-state index contributed by atoms with van der Waals surface area (Å²) in [6.45, 7) is 3.31. The summed E-state index contributed by atoms with van der Waals surface area (Å²) in [5.41, 5.74) is 5.78. The van der Waals surface area contributed by atoms with Crippen molar-refractivity contribution in [2.75, 3.05) is 5.01 Å². The van der Waals surface area contributed by atoms with Gasteiger partial charge < -0.3 is 4.57 Å². The fourth-order valence-corrected chi connectivity index (χ4v) is 4.46. The number of benzene rings is 4. The average molecular weight is 432 g/mol. The highest BCUT2D eigenvalue weighted by Crippen LogP contribution is 2.30. The molecule has 0 unspecified atom stereocenters. The Bertz CT molecular complexity index is 1330. The summed E-state index contributed by atoms with van der Waals surface area (Å²) >= 11 is 0. The van der Waals surface area contributed by atoms with E-state index in [0.29, 0.717) is 0 Å². The molecule has 0 saturated carbocycles. The van der Waals surface area contributed by atoms with Crippen LogP contribution in [0.5, 0.6) is 0 Å². The van der Waals surface area contributed by atoms with Gasteiger partial charge >= 0.3 is 0 Å². The van der Waals surface area contributed by atoms with Gasteiger partial charge in [-0.1, -0.05) is 80.4 Å². The van der Waals surface area contributed by atoms with E-state index in [-0.39, 0.29) is 0 Å². The number of anilines is 2. The lowest BCUT2D eigenvalue weighted by atomic mass is 10.1. The second kappa shape index (κ2) is 9.74. The molecule has 0 fully saturated rings. The second-order valence-corrected chi connectivity index (χ2v) is 8.38. The molecule has 0 amide bonds. The largest absolute Gasteiger partial charge is 0.340 e. The zero-order chi connectivity index (χ0) is 22.5. The molecular formula is C30H29N3. The van der Waals surface area contributed by atoms with Crippen LogP contribution in [0, 0.1) is 0 Å².